The van der Waals surface area contributed by atoms with Crippen molar-refractivity contribution >= 4 is 6.29 Å². The van der Waals surface area contributed by atoms with Crippen LogP contribution in [0.3, 0.4) is 0 Å². The van der Waals surface area contributed by atoms with Gasteiger partial charge >= 0.3 is 0 Å². The molecule has 0 unspecified atom stereocenters. The van der Waals surface area contributed by atoms with Gasteiger partial charge in [-0.1, -0.05) is 5.92 Å². The third-order valence-electron chi connectivity index (χ3n) is 2.01. The standard InChI is InChI=1S/C9H13NO/c11-8-2-1-3-9-4-6-10-7-5-9/h8-10H,3-7H2. The molecule has 0 radical (unpaired) electrons. The van der Waals surface area contributed by atoms with Crippen LogP contribution in [0.15, 0.2) is 0 Å². The van der Waals surface area contributed by atoms with Crippen LogP contribution in [-0.2, 0) is 4.79 Å². The monoisotopic (exact) mass is 151 g/mol. The minimum absolute atomic E-state index is 0.668. The van der Waals surface area contributed by atoms with Crippen LogP contribution in [0.25, 0.3) is 0 Å². The number of nitrogens with one attached hydrogen (secondary N) is 1. The molecule has 0 amide bonds. The van der Waals surface area contributed by atoms with Gasteiger partial charge in [0.2, 0.25) is 0 Å². The van der Waals surface area contributed by atoms with Gasteiger partial charge in [-0.05, 0) is 37.8 Å². The Balaban J connectivity index is 2.19. The Morgan fingerprint density at radius 3 is 2.82 bits per heavy atom. The number of rotatable bonds is 1. The summed E-state index contributed by atoms with van der Waals surface area (Å²) in [6, 6.07) is 0. The molecule has 0 atom stereocenters. The predicted molar refractivity (Wildman–Crippen MR) is 44.1 cm³/mol. The van der Waals surface area contributed by atoms with Crippen molar-refractivity contribution in [3.8, 4) is 11.8 Å². The van der Waals surface area contributed by atoms with Gasteiger partial charge in [-0.2, -0.15) is 0 Å². The van der Waals surface area contributed by atoms with Crippen molar-refractivity contribution in [1.82, 2.24) is 5.32 Å². The molecule has 1 fully saturated rings. The molecule has 0 aromatic heterocycles. The van der Waals surface area contributed by atoms with Gasteiger partial charge in [0, 0.05) is 6.42 Å². The molecule has 1 saturated heterocycles. The smallest absolute Gasteiger partial charge is 0.192 e. The fourth-order valence-corrected chi connectivity index (χ4v) is 1.33. The minimum Gasteiger partial charge on any atom is -0.317 e. The zero-order chi connectivity index (χ0) is 7.94. The summed E-state index contributed by atoms with van der Waals surface area (Å²) in [6.07, 6.45) is 3.96. The van der Waals surface area contributed by atoms with E-state index in [2.05, 4.69) is 17.2 Å². The lowest BCUT2D eigenvalue weighted by Crippen LogP contribution is -2.27. The van der Waals surface area contributed by atoms with E-state index < -0.39 is 0 Å². The Morgan fingerprint density at radius 1 is 1.45 bits per heavy atom. The Hall–Kier alpha value is -0.810. The first kappa shape index (κ1) is 8.29. The van der Waals surface area contributed by atoms with Gasteiger partial charge in [-0.15, -0.1) is 0 Å². The number of carbonyl (C=O) groups excluding carboxylic acids is 1. The zero-order valence-electron chi connectivity index (χ0n) is 6.60. The van der Waals surface area contributed by atoms with Gasteiger partial charge in [0.1, 0.15) is 0 Å². The topological polar surface area (TPSA) is 29.1 Å². The van der Waals surface area contributed by atoms with Gasteiger partial charge in [-0.3, -0.25) is 4.79 Å². The number of hydrogen-bond donors (Lipinski definition) is 1. The van der Waals surface area contributed by atoms with E-state index in [9.17, 15) is 4.79 Å². The molecule has 2 heteroatoms. The highest BCUT2D eigenvalue weighted by molar-refractivity contribution is 5.72. The average molecular weight is 151 g/mol. The first-order chi connectivity index (χ1) is 5.43. The van der Waals surface area contributed by atoms with E-state index in [1.165, 1.54) is 12.8 Å². The van der Waals surface area contributed by atoms with Crippen LogP contribution in [0, 0.1) is 17.8 Å². The largest absolute Gasteiger partial charge is 0.317 e. The van der Waals surface area contributed by atoms with Crippen molar-refractivity contribution in [3.05, 3.63) is 0 Å². The van der Waals surface area contributed by atoms with Gasteiger partial charge in [-0.25, -0.2) is 0 Å². The summed E-state index contributed by atoms with van der Waals surface area (Å²) in [5, 5.41) is 3.29. The Kier molecular flexibility index (Phi) is 3.71. The van der Waals surface area contributed by atoms with Crippen LogP contribution >= 0.6 is 0 Å². The summed E-state index contributed by atoms with van der Waals surface area (Å²) < 4.78 is 0. The van der Waals surface area contributed by atoms with E-state index >= 15 is 0 Å². The van der Waals surface area contributed by atoms with Crippen molar-refractivity contribution in [1.29, 1.82) is 0 Å². The van der Waals surface area contributed by atoms with Gasteiger partial charge in [0.05, 0.1) is 0 Å². The fraction of sp³-hybridized carbons (Fsp3) is 0.667. The molecule has 1 aliphatic heterocycles. The van der Waals surface area contributed by atoms with Crippen molar-refractivity contribution in [2.45, 2.75) is 19.3 Å². The maximum Gasteiger partial charge on any atom is 0.192 e. The number of hydrogen-bond acceptors (Lipinski definition) is 2. The van der Waals surface area contributed by atoms with Gasteiger partial charge in [0.25, 0.3) is 0 Å². The van der Waals surface area contributed by atoms with Crippen LogP contribution in [0.2, 0.25) is 0 Å². The van der Waals surface area contributed by atoms with Crippen LogP contribution < -0.4 is 5.32 Å². The lowest BCUT2D eigenvalue weighted by molar-refractivity contribution is -0.103. The van der Waals surface area contributed by atoms with Gasteiger partial charge < -0.3 is 5.32 Å². The second-order valence-corrected chi connectivity index (χ2v) is 2.84. The Bertz CT molecular complexity index is 172. The lowest BCUT2D eigenvalue weighted by atomic mass is 9.95. The van der Waals surface area contributed by atoms with E-state index in [4.69, 9.17) is 0 Å². The number of piperidine rings is 1. The molecule has 0 aromatic carbocycles. The second kappa shape index (κ2) is 4.92. The summed E-state index contributed by atoms with van der Waals surface area (Å²) in [4.78, 5) is 9.86. The fourth-order valence-electron chi connectivity index (χ4n) is 1.33. The molecular weight excluding hydrogens is 138 g/mol. The van der Waals surface area contributed by atoms with Crippen LogP contribution in [0.4, 0.5) is 0 Å². The molecule has 0 bridgehead atoms. The predicted octanol–water partition coefficient (Wildman–Crippen LogP) is 0.578. The van der Waals surface area contributed by atoms with Gasteiger partial charge in [0.15, 0.2) is 6.29 Å². The molecule has 1 aliphatic rings. The first-order valence-electron chi connectivity index (χ1n) is 4.06. The molecule has 2 nitrogen and oxygen atoms in total. The van der Waals surface area contributed by atoms with E-state index in [0.29, 0.717) is 12.2 Å². The molecular formula is C9H13NO. The van der Waals surface area contributed by atoms with E-state index in [1.54, 1.807) is 0 Å². The molecule has 0 saturated carbocycles. The summed E-state index contributed by atoms with van der Waals surface area (Å²) in [5.41, 5.74) is 0. The summed E-state index contributed by atoms with van der Waals surface area (Å²) in [5.74, 6) is 6.02. The average Bonchev–Trinajstić information content (AvgIpc) is 2.07. The van der Waals surface area contributed by atoms with Crippen molar-refractivity contribution < 1.29 is 4.79 Å². The molecule has 1 N–H and O–H groups in total. The quantitative estimate of drug-likeness (QED) is 0.438. The van der Waals surface area contributed by atoms with E-state index in [-0.39, 0.29) is 0 Å². The molecule has 0 aromatic rings. The third kappa shape index (κ3) is 3.20. The van der Waals surface area contributed by atoms with Crippen LogP contribution in [0.5, 0.6) is 0 Å². The summed E-state index contributed by atoms with van der Waals surface area (Å²) >= 11 is 0. The summed E-state index contributed by atoms with van der Waals surface area (Å²) in [6.45, 7) is 2.21. The lowest BCUT2D eigenvalue weighted by Gasteiger charge is -2.19. The van der Waals surface area contributed by atoms with Crippen molar-refractivity contribution in [3.63, 3.8) is 0 Å². The third-order valence-corrected chi connectivity index (χ3v) is 2.01. The highest BCUT2D eigenvalue weighted by Gasteiger charge is 2.10. The SMILES string of the molecule is O=CC#CCC1CCNCC1. The maximum atomic E-state index is 9.86. The second-order valence-electron chi connectivity index (χ2n) is 2.84. The van der Waals surface area contributed by atoms with Crippen molar-refractivity contribution in [2.24, 2.45) is 5.92 Å². The van der Waals surface area contributed by atoms with Crippen LogP contribution in [0.1, 0.15) is 19.3 Å². The highest BCUT2D eigenvalue weighted by atomic mass is 16.1. The number of carbonyl (C=O) groups is 1. The molecule has 60 valence electrons. The zero-order valence-corrected chi connectivity index (χ0v) is 6.60. The highest BCUT2D eigenvalue weighted by Crippen LogP contribution is 2.14. The minimum atomic E-state index is 0.668. The van der Waals surface area contributed by atoms with Crippen LogP contribution in [-0.4, -0.2) is 19.4 Å². The van der Waals surface area contributed by atoms with E-state index in [1.807, 2.05) is 0 Å². The van der Waals surface area contributed by atoms with E-state index in [0.717, 1.165) is 19.5 Å². The molecule has 1 heterocycles. The molecule has 0 spiro atoms. The first-order valence-corrected chi connectivity index (χ1v) is 4.06. The molecule has 1 rings (SSSR count). The van der Waals surface area contributed by atoms with Crippen molar-refractivity contribution in [2.75, 3.05) is 13.1 Å². The normalized spacial score (nSPS) is 18.5. The molecule has 0 aliphatic carbocycles. The summed E-state index contributed by atoms with van der Waals surface area (Å²) in [7, 11) is 0. The number of aldehydes is 1. The Labute approximate surface area is 67.4 Å². The maximum absolute atomic E-state index is 9.86. The Morgan fingerprint density at radius 2 is 2.18 bits per heavy atom. The molecule has 11 heavy (non-hydrogen) atoms.